The predicted octanol–water partition coefficient (Wildman–Crippen LogP) is 14.6. The van der Waals surface area contributed by atoms with E-state index in [1.807, 2.05) is 0 Å². The van der Waals surface area contributed by atoms with Crippen LogP contribution in [-0.4, -0.2) is 37.2 Å². The van der Waals surface area contributed by atoms with Crippen molar-refractivity contribution in [1.82, 2.24) is 0 Å². The van der Waals surface area contributed by atoms with E-state index >= 15 is 0 Å². The molecule has 0 aromatic heterocycles. The Kier molecular flexibility index (Phi) is 41.4. The second kappa shape index (κ2) is 42.9. The van der Waals surface area contributed by atoms with Crippen molar-refractivity contribution in [3.05, 3.63) is 12.2 Å². The fourth-order valence-electron chi connectivity index (χ4n) is 6.74. The molecule has 0 aliphatic rings. The van der Waals surface area contributed by atoms with Crippen LogP contribution in [0.5, 0.6) is 0 Å². The Hall–Kier alpha value is -1.85. The summed E-state index contributed by atoms with van der Waals surface area (Å²) in [6.45, 7) is 6.50. The van der Waals surface area contributed by atoms with Gasteiger partial charge in [-0.15, -0.1) is 0 Å². The number of ether oxygens (including phenoxy) is 3. The number of rotatable bonds is 42. The largest absolute Gasteiger partial charge is 0.462 e. The zero-order chi connectivity index (χ0) is 38.7. The molecule has 0 bridgehead atoms. The van der Waals surface area contributed by atoms with Gasteiger partial charge in [0.2, 0.25) is 0 Å². The molecule has 0 aromatic rings. The van der Waals surface area contributed by atoms with E-state index < -0.39 is 6.10 Å². The average Bonchev–Trinajstić information content (AvgIpc) is 3.15. The van der Waals surface area contributed by atoms with E-state index in [0.29, 0.717) is 19.3 Å². The summed E-state index contributed by atoms with van der Waals surface area (Å²) in [7, 11) is 0. The van der Waals surface area contributed by atoms with Crippen LogP contribution >= 0.6 is 0 Å². The summed E-state index contributed by atoms with van der Waals surface area (Å²) in [5.41, 5.74) is 0. The van der Waals surface area contributed by atoms with Crippen LogP contribution in [-0.2, 0) is 28.6 Å². The molecule has 1 unspecified atom stereocenters. The lowest BCUT2D eigenvalue weighted by Gasteiger charge is -2.18. The molecule has 0 aliphatic carbocycles. The SMILES string of the molecule is CCC/C=C\CCCCCCCC(=O)OC(COC(=O)CCCCCCC)COC(=O)CCCCCCCCCCCCCCCCCCCCCC. The highest BCUT2D eigenvalue weighted by Gasteiger charge is 2.19. The first-order chi connectivity index (χ1) is 26.0. The van der Waals surface area contributed by atoms with E-state index in [1.165, 1.54) is 128 Å². The van der Waals surface area contributed by atoms with Crippen LogP contribution in [0.25, 0.3) is 0 Å². The van der Waals surface area contributed by atoms with Crippen LogP contribution in [0.1, 0.15) is 252 Å². The monoisotopic (exact) mass is 749 g/mol. The molecule has 6 heteroatoms. The molecule has 0 saturated carbocycles. The van der Waals surface area contributed by atoms with E-state index in [1.54, 1.807) is 0 Å². The van der Waals surface area contributed by atoms with Crippen LogP contribution in [0, 0.1) is 0 Å². The van der Waals surface area contributed by atoms with Crippen LogP contribution < -0.4 is 0 Å². The molecule has 0 fully saturated rings. The average molecular weight is 749 g/mol. The summed E-state index contributed by atoms with van der Waals surface area (Å²) >= 11 is 0. The molecule has 53 heavy (non-hydrogen) atoms. The third-order valence-corrected chi connectivity index (χ3v) is 10.3. The number of unbranched alkanes of at least 4 members (excludes halogenated alkanes) is 29. The Bertz CT molecular complexity index is 824. The molecule has 0 heterocycles. The summed E-state index contributed by atoms with van der Waals surface area (Å²) in [6.07, 6.45) is 45.3. The third kappa shape index (κ3) is 41.2. The Balaban J connectivity index is 4.07. The van der Waals surface area contributed by atoms with E-state index in [4.69, 9.17) is 14.2 Å². The van der Waals surface area contributed by atoms with E-state index in [0.717, 1.165) is 83.5 Å². The van der Waals surface area contributed by atoms with Gasteiger partial charge >= 0.3 is 17.9 Å². The Morgan fingerprint density at radius 1 is 0.358 bits per heavy atom. The first kappa shape index (κ1) is 51.1. The number of esters is 3. The molecule has 312 valence electrons. The number of hydrogen-bond donors (Lipinski definition) is 0. The topological polar surface area (TPSA) is 78.9 Å². The van der Waals surface area contributed by atoms with Gasteiger partial charge in [-0.25, -0.2) is 0 Å². The highest BCUT2D eigenvalue weighted by molar-refractivity contribution is 5.71. The molecule has 0 N–H and O–H groups in total. The highest BCUT2D eigenvalue weighted by Crippen LogP contribution is 2.16. The maximum atomic E-state index is 12.6. The molecule has 0 aromatic carbocycles. The summed E-state index contributed by atoms with van der Waals surface area (Å²) < 4.78 is 16.6. The van der Waals surface area contributed by atoms with E-state index in [9.17, 15) is 14.4 Å². The van der Waals surface area contributed by atoms with Crippen molar-refractivity contribution in [3.63, 3.8) is 0 Å². The standard InChI is InChI=1S/C47H88O6/c1-4-7-10-13-15-17-19-20-21-22-23-24-25-26-27-28-30-31-34-37-40-46(49)52-43-44(42-51-45(48)39-36-33-12-9-6-3)53-47(50)41-38-35-32-29-18-16-14-11-8-5-2/h11,14,44H,4-10,12-13,15-43H2,1-3H3/b14-11-. The lowest BCUT2D eigenvalue weighted by molar-refractivity contribution is -0.167. The van der Waals surface area contributed by atoms with Gasteiger partial charge in [0.1, 0.15) is 13.2 Å². The van der Waals surface area contributed by atoms with Gasteiger partial charge in [-0.2, -0.15) is 0 Å². The lowest BCUT2D eigenvalue weighted by Crippen LogP contribution is -2.30. The molecule has 0 spiro atoms. The fraction of sp³-hybridized carbons (Fsp3) is 0.894. The molecule has 6 nitrogen and oxygen atoms in total. The second-order valence-electron chi connectivity index (χ2n) is 15.7. The van der Waals surface area contributed by atoms with Crippen LogP contribution in [0.15, 0.2) is 12.2 Å². The van der Waals surface area contributed by atoms with Crippen molar-refractivity contribution >= 4 is 17.9 Å². The van der Waals surface area contributed by atoms with E-state index in [2.05, 4.69) is 32.9 Å². The zero-order valence-corrected chi connectivity index (χ0v) is 35.6. The molecule has 0 saturated heterocycles. The maximum absolute atomic E-state index is 12.6. The molecular weight excluding hydrogens is 661 g/mol. The highest BCUT2D eigenvalue weighted by atomic mass is 16.6. The molecule has 1 atom stereocenters. The minimum absolute atomic E-state index is 0.0703. The fourth-order valence-corrected chi connectivity index (χ4v) is 6.74. The smallest absolute Gasteiger partial charge is 0.306 e. The van der Waals surface area contributed by atoms with Crippen molar-refractivity contribution < 1.29 is 28.6 Å². The first-order valence-electron chi connectivity index (χ1n) is 23.2. The Morgan fingerprint density at radius 2 is 0.660 bits per heavy atom. The summed E-state index contributed by atoms with van der Waals surface area (Å²) in [4.78, 5) is 37.4. The molecule has 0 rings (SSSR count). The number of hydrogen-bond acceptors (Lipinski definition) is 6. The number of allylic oxidation sites excluding steroid dienone is 2. The minimum atomic E-state index is -0.764. The van der Waals surface area contributed by atoms with Crippen molar-refractivity contribution in [3.8, 4) is 0 Å². The quantitative estimate of drug-likeness (QED) is 0.0268. The molecule has 0 amide bonds. The van der Waals surface area contributed by atoms with Crippen LogP contribution in [0.3, 0.4) is 0 Å². The van der Waals surface area contributed by atoms with Gasteiger partial charge in [0.25, 0.3) is 0 Å². The van der Waals surface area contributed by atoms with Gasteiger partial charge < -0.3 is 14.2 Å². The predicted molar refractivity (Wildman–Crippen MR) is 224 cm³/mol. The van der Waals surface area contributed by atoms with Crippen molar-refractivity contribution in [2.75, 3.05) is 13.2 Å². The summed E-state index contributed by atoms with van der Waals surface area (Å²) in [5.74, 6) is -0.888. The normalized spacial score (nSPS) is 12.0. The van der Waals surface area contributed by atoms with Crippen LogP contribution in [0.4, 0.5) is 0 Å². The van der Waals surface area contributed by atoms with Gasteiger partial charge in [-0.05, 0) is 38.5 Å². The number of carbonyl (C=O) groups excluding carboxylic acids is 3. The van der Waals surface area contributed by atoms with Gasteiger partial charge in [0.15, 0.2) is 6.10 Å². The summed E-state index contributed by atoms with van der Waals surface area (Å²) in [6, 6.07) is 0. The molecule has 0 aliphatic heterocycles. The van der Waals surface area contributed by atoms with Crippen molar-refractivity contribution in [2.45, 2.75) is 258 Å². The van der Waals surface area contributed by atoms with Crippen molar-refractivity contribution in [1.29, 1.82) is 0 Å². The maximum Gasteiger partial charge on any atom is 0.306 e. The van der Waals surface area contributed by atoms with Gasteiger partial charge in [-0.3, -0.25) is 14.4 Å². The van der Waals surface area contributed by atoms with Crippen molar-refractivity contribution in [2.24, 2.45) is 0 Å². The van der Waals surface area contributed by atoms with Gasteiger partial charge in [0.05, 0.1) is 0 Å². The first-order valence-corrected chi connectivity index (χ1v) is 23.2. The van der Waals surface area contributed by atoms with Gasteiger partial charge in [0, 0.05) is 19.3 Å². The second-order valence-corrected chi connectivity index (χ2v) is 15.7. The van der Waals surface area contributed by atoms with Crippen LogP contribution in [0.2, 0.25) is 0 Å². The Morgan fingerprint density at radius 3 is 1.02 bits per heavy atom. The lowest BCUT2D eigenvalue weighted by atomic mass is 10.0. The third-order valence-electron chi connectivity index (χ3n) is 10.3. The van der Waals surface area contributed by atoms with Gasteiger partial charge in [-0.1, -0.05) is 206 Å². The minimum Gasteiger partial charge on any atom is -0.462 e. The molecular formula is C47H88O6. The summed E-state index contributed by atoms with van der Waals surface area (Å²) in [5, 5.41) is 0. The number of carbonyl (C=O) groups is 3. The molecule has 0 radical (unpaired) electrons. The van der Waals surface area contributed by atoms with E-state index in [-0.39, 0.29) is 31.1 Å². The zero-order valence-electron chi connectivity index (χ0n) is 35.6. The Labute approximate surface area is 329 Å².